The van der Waals surface area contributed by atoms with Crippen LogP contribution >= 0.6 is 0 Å². The molecule has 0 radical (unpaired) electrons. The fourth-order valence-electron chi connectivity index (χ4n) is 8.72. The summed E-state index contributed by atoms with van der Waals surface area (Å²) >= 11 is 0. The van der Waals surface area contributed by atoms with Gasteiger partial charge in [0.15, 0.2) is 11.5 Å². The smallest absolute Gasteiger partial charge is 0.260 e. The predicted octanol–water partition coefficient (Wildman–Crippen LogP) is 4.18. The van der Waals surface area contributed by atoms with E-state index >= 15 is 0 Å². The summed E-state index contributed by atoms with van der Waals surface area (Å²) in [4.78, 5) is 32.9. The average molecular weight is 587 g/mol. The Labute approximate surface area is 254 Å². The highest BCUT2D eigenvalue weighted by molar-refractivity contribution is 6.04. The topological polar surface area (TPSA) is 125 Å². The highest BCUT2D eigenvalue weighted by Gasteiger charge is 2.53. The molecular weight excluding hydrogens is 552 g/mol. The van der Waals surface area contributed by atoms with Crippen molar-refractivity contribution in [3.8, 4) is 11.8 Å². The molecule has 0 aliphatic heterocycles. The van der Waals surface area contributed by atoms with E-state index in [4.69, 9.17) is 5.73 Å². The van der Waals surface area contributed by atoms with E-state index in [-0.39, 0.29) is 28.4 Å². The average Bonchev–Trinajstić information content (AvgIpc) is 3.56. The molecule has 4 aromatic heterocycles. The van der Waals surface area contributed by atoms with Gasteiger partial charge in [-0.1, -0.05) is 24.0 Å². The van der Waals surface area contributed by atoms with E-state index in [0.717, 1.165) is 35.9 Å². The number of nitrogens with zero attached hydrogens (tertiary/aromatic N) is 6. The third kappa shape index (κ3) is 4.21. The van der Waals surface area contributed by atoms with Gasteiger partial charge in [0.2, 0.25) is 0 Å². The third-order valence-corrected chi connectivity index (χ3v) is 10.0. The van der Waals surface area contributed by atoms with E-state index in [0.29, 0.717) is 34.4 Å². The zero-order valence-corrected chi connectivity index (χ0v) is 24.8. The van der Waals surface area contributed by atoms with Gasteiger partial charge in [0.05, 0.1) is 23.2 Å². The van der Waals surface area contributed by atoms with E-state index in [1.807, 2.05) is 38.4 Å². The Morgan fingerprint density at radius 3 is 2.57 bits per heavy atom. The number of aromatic nitrogens is 6. The molecule has 9 rings (SSSR count). The maximum Gasteiger partial charge on any atom is 0.260 e. The van der Waals surface area contributed by atoms with Crippen molar-refractivity contribution in [1.29, 1.82) is 0 Å². The quantitative estimate of drug-likeness (QED) is 0.305. The highest BCUT2D eigenvalue weighted by Crippen LogP contribution is 2.59. The van der Waals surface area contributed by atoms with Crippen LogP contribution in [0.3, 0.4) is 0 Å². The molecule has 3 N–H and O–H groups in total. The number of anilines is 1. The summed E-state index contributed by atoms with van der Waals surface area (Å²) in [7, 11) is 1.86. The lowest BCUT2D eigenvalue weighted by molar-refractivity contribution is -0.0464. The minimum atomic E-state index is -0.476. The van der Waals surface area contributed by atoms with E-state index < -0.39 is 6.04 Å². The summed E-state index contributed by atoms with van der Waals surface area (Å²) < 4.78 is 5.29. The van der Waals surface area contributed by atoms with Crippen LogP contribution in [-0.4, -0.2) is 34.9 Å². The second-order valence-corrected chi connectivity index (χ2v) is 13.1. The second kappa shape index (κ2) is 9.81. The molecule has 1 atom stereocenters. The number of pyridine rings is 1. The lowest BCUT2D eigenvalue weighted by Crippen LogP contribution is -2.56. The molecule has 4 fully saturated rings. The van der Waals surface area contributed by atoms with Crippen molar-refractivity contribution >= 4 is 28.1 Å². The second-order valence-electron chi connectivity index (χ2n) is 13.1. The number of fused-ring (bicyclic) bond motifs is 2. The summed E-state index contributed by atoms with van der Waals surface area (Å²) in [5.41, 5.74) is 8.79. The highest BCUT2D eigenvalue weighted by atomic mass is 16.2. The van der Waals surface area contributed by atoms with Gasteiger partial charge in [0.1, 0.15) is 5.56 Å². The molecule has 0 spiro atoms. The van der Waals surface area contributed by atoms with Crippen molar-refractivity contribution in [3.63, 3.8) is 0 Å². The summed E-state index contributed by atoms with van der Waals surface area (Å²) in [6.07, 6.45) is 13.7. The van der Waals surface area contributed by atoms with Gasteiger partial charge in [0.25, 0.3) is 11.5 Å². The number of rotatable bonds is 4. The van der Waals surface area contributed by atoms with Crippen LogP contribution in [0.4, 0.5) is 5.82 Å². The maximum absolute atomic E-state index is 14.9. The Morgan fingerprint density at radius 2 is 1.86 bits per heavy atom. The summed E-state index contributed by atoms with van der Waals surface area (Å²) in [5, 5.41) is 13.1. The Hall–Kier alpha value is -4.91. The van der Waals surface area contributed by atoms with E-state index in [1.54, 1.807) is 29.3 Å². The standard InChI is InChI=1S/C34H34N8O2/c1-20(38-32(43)29-30(35)39-41-10-4-9-36-31(29)41)27-14-26-6-3-5-25(8-7-21-18-37-40(2)19-21)28(26)33(44)42(27)34-15-22-11-23(16-34)13-24(12-22)17-34/h3-6,9-10,14,18-20,22-24H,11-13,15-17H2,1-2H3,(H2,35,39)(H,38,43)/t20-,22?,23?,24?,34?/m1/s1. The van der Waals surface area contributed by atoms with Crippen LogP contribution in [0, 0.1) is 29.6 Å². The van der Waals surface area contributed by atoms with Crippen LogP contribution in [0.25, 0.3) is 16.4 Å². The van der Waals surface area contributed by atoms with Crippen molar-refractivity contribution in [2.24, 2.45) is 24.8 Å². The molecule has 10 nitrogen and oxygen atoms in total. The summed E-state index contributed by atoms with van der Waals surface area (Å²) in [6.45, 7) is 1.94. The molecule has 4 aliphatic rings. The maximum atomic E-state index is 14.9. The number of nitrogen functional groups attached to an aromatic ring is 1. The molecule has 222 valence electrons. The first-order valence-corrected chi connectivity index (χ1v) is 15.4. The van der Waals surface area contributed by atoms with Crippen molar-refractivity contribution in [2.45, 2.75) is 57.0 Å². The van der Waals surface area contributed by atoms with Gasteiger partial charge < -0.3 is 15.6 Å². The van der Waals surface area contributed by atoms with Crippen LogP contribution in [-0.2, 0) is 12.6 Å². The Balaban J connectivity index is 1.27. The largest absolute Gasteiger partial charge is 0.381 e. The molecular formula is C34H34N8O2. The molecule has 4 bridgehead atoms. The molecule has 0 saturated heterocycles. The number of nitrogens with two attached hydrogens (primary N) is 1. The van der Waals surface area contributed by atoms with Crippen LogP contribution in [0.1, 0.15) is 78.7 Å². The van der Waals surface area contributed by atoms with Gasteiger partial charge >= 0.3 is 0 Å². The first kappa shape index (κ1) is 26.7. The van der Waals surface area contributed by atoms with E-state index in [9.17, 15) is 9.59 Å². The molecule has 0 unspecified atom stereocenters. The number of amides is 1. The number of hydrogen-bond acceptors (Lipinski definition) is 6. The van der Waals surface area contributed by atoms with Crippen LogP contribution < -0.4 is 16.6 Å². The first-order chi connectivity index (χ1) is 21.3. The minimum Gasteiger partial charge on any atom is -0.381 e. The Bertz CT molecular complexity index is 2060. The van der Waals surface area contributed by atoms with Crippen molar-refractivity contribution in [2.75, 3.05) is 5.73 Å². The predicted molar refractivity (Wildman–Crippen MR) is 167 cm³/mol. The van der Waals surface area contributed by atoms with E-state index in [1.165, 1.54) is 23.8 Å². The van der Waals surface area contributed by atoms with Crippen LogP contribution in [0.5, 0.6) is 0 Å². The van der Waals surface area contributed by atoms with Gasteiger partial charge in [0, 0.05) is 42.4 Å². The molecule has 4 heterocycles. The summed E-state index contributed by atoms with van der Waals surface area (Å²) in [6, 6.07) is 9.15. The number of benzene rings is 1. The summed E-state index contributed by atoms with van der Waals surface area (Å²) in [5.74, 6) is 8.09. The SMILES string of the molecule is C[C@@H](NC(=O)c1c(N)nn2cccnc12)c1cc2cccc(C#Cc3cnn(C)c3)c2c(=O)n1C12CC3CC(CC(C3)C1)C2. The molecule has 1 amide bonds. The zero-order valence-electron chi connectivity index (χ0n) is 24.8. The van der Waals surface area contributed by atoms with Crippen molar-refractivity contribution in [1.82, 2.24) is 34.3 Å². The van der Waals surface area contributed by atoms with Gasteiger partial charge in [-0.3, -0.25) is 14.3 Å². The number of carbonyl (C=O) groups excluding carboxylic acids is 1. The number of carbonyl (C=O) groups is 1. The normalized spacial score (nSPS) is 24.4. The third-order valence-electron chi connectivity index (χ3n) is 10.0. The molecule has 1 aromatic carbocycles. The van der Waals surface area contributed by atoms with Crippen molar-refractivity contribution < 1.29 is 4.79 Å². The lowest BCUT2D eigenvalue weighted by atomic mass is 9.52. The first-order valence-electron chi connectivity index (χ1n) is 15.4. The molecule has 4 aliphatic carbocycles. The molecule has 44 heavy (non-hydrogen) atoms. The van der Waals surface area contributed by atoms with Gasteiger partial charge in [-0.15, -0.1) is 5.10 Å². The molecule has 5 aromatic rings. The molecule has 4 saturated carbocycles. The minimum absolute atomic E-state index is 0.0335. The number of hydrogen-bond donors (Lipinski definition) is 2. The Morgan fingerprint density at radius 1 is 1.11 bits per heavy atom. The van der Waals surface area contributed by atoms with Gasteiger partial charge in [-0.05, 0) is 86.8 Å². The molecule has 10 heteroatoms. The monoisotopic (exact) mass is 586 g/mol. The van der Waals surface area contributed by atoms with Crippen LogP contribution in [0.2, 0.25) is 0 Å². The zero-order chi connectivity index (χ0) is 30.2. The van der Waals surface area contributed by atoms with Gasteiger partial charge in [-0.25, -0.2) is 9.50 Å². The Kier molecular flexibility index (Phi) is 5.95. The number of aryl methyl sites for hydroxylation is 1. The lowest BCUT2D eigenvalue weighted by Gasteiger charge is -2.58. The van der Waals surface area contributed by atoms with Gasteiger partial charge in [-0.2, -0.15) is 5.10 Å². The fraction of sp³-hybridized carbons (Fsp3) is 0.382. The number of nitrogens with one attached hydrogen (secondary N) is 1. The van der Waals surface area contributed by atoms with Crippen molar-refractivity contribution in [3.05, 3.63) is 87.9 Å². The van der Waals surface area contributed by atoms with Crippen LogP contribution in [0.15, 0.2) is 59.9 Å². The fourth-order valence-corrected chi connectivity index (χ4v) is 8.72. The van der Waals surface area contributed by atoms with E-state index in [2.05, 4.69) is 43.0 Å².